The summed E-state index contributed by atoms with van der Waals surface area (Å²) < 4.78 is 2.92. The highest BCUT2D eigenvalue weighted by Gasteiger charge is 2.12. The van der Waals surface area contributed by atoms with E-state index in [-0.39, 0.29) is 5.56 Å². The molecule has 0 atom stereocenters. The highest BCUT2D eigenvalue weighted by molar-refractivity contribution is 9.10. The van der Waals surface area contributed by atoms with E-state index in [0.29, 0.717) is 12.0 Å². The lowest BCUT2D eigenvalue weighted by atomic mass is 10.0. The van der Waals surface area contributed by atoms with Gasteiger partial charge in [0.2, 0.25) is 0 Å². The molecule has 0 aliphatic heterocycles. The molecule has 2 aromatic carbocycles. The molecule has 1 N–H and O–H groups in total. The van der Waals surface area contributed by atoms with Gasteiger partial charge in [0.25, 0.3) is 0 Å². The molecule has 0 spiro atoms. The van der Waals surface area contributed by atoms with Gasteiger partial charge in [-0.15, -0.1) is 0 Å². The van der Waals surface area contributed by atoms with Gasteiger partial charge in [-0.25, -0.2) is 4.79 Å². The summed E-state index contributed by atoms with van der Waals surface area (Å²) in [5.74, 6) is -0.936. The minimum Gasteiger partial charge on any atom is -0.478 e. The van der Waals surface area contributed by atoms with Crippen LogP contribution in [-0.2, 0) is 13.0 Å². The smallest absolute Gasteiger partial charge is 0.335 e. The summed E-state index contributed by atoms with van der Waals surface area (Å²) in [6, 6.07) is 13.0. The number of carboxylic acids is 1. The molecule has 0 aliphatic carbocycles. The Labute approximate surface area is 148 Å². The number of hydrogen-bond acceptors (Lipinski definition) is 2. The number of aromatic carboxylic acids is 1. The minimum atomic E-state index is -0.936. The maximum Gasteiger partial charge on any atom is 0.335 e. The number of nitrogens with zero attached hydrogens (tertiary/aromatic N) is 2. The van der Waals surface area contributed by atoms with E-state index in [1.165, 1.54) is 0 Å². The van der Waals surface area contributed by atoms with E-state index in [1.54, 1.807) is 12.1 Å². The molecular weight excluding hydrogens is 368 g/mol. The summed E-state index contributed by atoms with van der Waals surface area (Å²) in [4.78, 5) is 11.0. The molecule has 1 aromatic heterocycles. The second-order valence-corrected chi connectivity index (χ2v) is 6.43. The van der Waals surface area contributed by atoms with E-state index in [0.717, 1.165) is 33.0 Å². The number of carbonyl (C=O) groups is 1. The molecule has 0 radical (unpaired) electrons. The second-order valence-electron chi connectivity index (χ2n) is 5.57. The minimum absolute atomic E-state index is 0.264. The van der Waals surface area contributed by atoms with Crippen LogP contribution in [0.2, 0.25) is 0 Å². The van der Waals surface area contributed by atoms with Gasteiger partial charge in [0, 0.05) is 34.5 Å². The number of benzene rings is 2. The van der Waals surface area contributed by atoms with E-state index < -0.39 is 5.97 Å². The second kappa shape index (κ2) is 6.50. The van der Waals surface area contributed by atoms with Crippen molar-refractivity contribution < 1.29 is 9.90 Å². The third-order valence-corrected chi connectivity index (χ3v) is 4.85. The Morgan fingerprint density at radius 1 is 1.25 bits per heavy atom. The van der Waals surface area contributed by atoms with Crippen LogP contribution in [0.15, 0.2) is 47.1 Å². The Bertz CT molecular complexity index is 983. The fourth-order valence-corrected chi connectivity index (χ4v) is 3.39. The largest absolute Gasteiger partial charge is 0.478 e. The summed E-state index contributed by atoms with van der Waals surface area (Å²) in [6.07, 6.45) is 2.79. The molecular formula is C19H15BrN2O2. The van der Waals surface area contributed by atoms with Crippen LogP contribution in [0.3, 0.4) is 0 Å². The number of halogens is 1. The molecule has 0 unspecified atom stereocenters. The van der Waals surface area contributed by atoms with Crippen LogP contribution in [0.5, 0.6) is 0 Å². The third kappa shape index (κ3) is 2.93. The Morgan fingerprint density at radius 2 is 2.04 bits per heavy atom. The van der Waals surface area contributed by atoms with Gasteiger partial charge >= 0.3 is 5.97 Å². The van der Waals surface area contributed by atoms with Crippen LogP contribution in [0.4, 0.5) is 0 Å². The molecule has 5 heteroatoms. The van der Waals surface area contributed by atoms with E-state index in [1.807, 2.05) is 24.3 Å². The van der Waals surface area contributed by atoms with Gasteiger partial charge in [0.05, 0.1) is 17.2 Å². The standard InChI is InChI=1S/C19H15BrN2O2/c1-2-22-11-15(16-6-3-12(10-21)7-18(16)22)8-13-4-5-14(19(23)24)9-17(13)20/h3-7,9,11H,2,8H2,1H3,(H,23,24). The number of aryl methyl sites for hydroxylation is 1. The maximum atomic E-state index is 11.0. The number of carboxylic acid groups (broad SMARTS) is 1. The van der Waals surface area contributed by atoms with Crippen LogP contribution in [0.1, 0.15) is 34.0 Å². The normalized spacial score (nSPS) is 10.7. The van der Waals surface area contributed by atoms with Gasteiger partial charge in [0.1, 0.15) is 0 Å². The lowest BCUT2D eigenvalue weighted by Gasteiger charge is -2.05. The zero-order valence-electron chi connectivity index (χ0n) is 13.1. The van der Waals surface area contributed by atoms with E-state index in [2.05, 4.69) is 39.7 Å². The van der Waals surface area contributed by atoms with Gasteiger partial charge in [-0.3, -0.25) is 0 Å². The van der Waals surface area contributed by atoms with Crippen molar-refractivity contribution in [1.82, 2.24) is 4.57 Å². The summed E-state index contributed by atoms with van der Waals surface area (Å²) in [6.45, 7) is 2.89. The van der Waals surface area contributed by atoms with Gasteiger partial charge in [0.15, 0.2) is 0 Å². The first-order valence-corrected chi connectivity index (χ1v) is 8.36. The van der Waals surface area contributed by atoms with Crippen LogP contribution in [0, 0.1) is 11.3 Å². The van der Waals surface area contributed by atoms with Gasteiger partial charge in [-0.2, -0.15) is 5.26 Å². The van der Waals surface area contributed by atoms with Crippen LogP contribution in [-0.4, -0.2) is 15.6 Å². The van der Waals surface area contributed by atoms with Crippen molar-refractivity contribution >= 4 is 32.8 Å². The molecule has 1 heterocycles. The van der Waals surface area contributed by atoms with Gasteiger partial charge < -0.3 is 9.67 Å². The first kappa shape index (κ1) is 16.3. The van der Waals surface area contributed by atoms with Crippen LogP contribution >= 0.6 is 15.9 Å². The van der Waals surface area contributed by atoms with Crippen molar-refractivity contribution in [2.75, 3.05) is 0 Å². The predicted octanol–water partition coefficient (Wildman–Crippen LogP) is 4.58. The third-order valence-electron chi connectivity index (χ3n) is 4.12. The number of rotatable bonds is 4. The lowest BCUT2D eigenvalue weighted by Crippen LogP contribution is -1.98. The molecule has 24 heavy (non-hydrogen) atoms. The van der Waals surface area contributed by atoms with Gasteiger partial charge in [-0.05, 0) is 42.3 Å². The monoisotopic (exact) mass is 382 g/mol. The SMILES string of the molecule is CCn1cc(Cc2ccc(C(=O)O)cc2Br)c2ccc(C#N)cc21. The van der Waals surface area contributed by atoms with Crippen molar-refractivity contribution in [2.45, 2.75) is 19.9 Å². The Morgan fingerprint density at radius 3 is 2.67 bits per heavy atom. The van der Waals surface area contributed by atoms with E-state index in [4.69, 9.17) is 10.4 Å². The lowest BCUT2D eigenvalue weighted by molar-refractivity contribution is 0.0697. The van der Waals surface area contributed by atoms with Crippen molar-refractivity contribution in [3.05, 3.63) is 69.3 Å². The topological polar surface area (TPSA) is 66.0 Å². The fourth-order valence-electron chi connectivity index (χ4n) is 2.87. The summed E-state index contributed by atoms with van der Waals surface area (Å²) in [5.41, 5.74) is 4.14. The predicted molar refractivity (Wildman–Crippen MR) is 96.2 cm³/mol. The average molecular weight is 383 g/mol. The fraction of sp³-hybridized carbons (Fsp3) is 0.158. The molecule has 0 aliphatic rings. The van der Waals surface area contributed by atoms with Crippen LogP contribution < -0.4 is 0 Å². The summed E-state index contributed by atoms with van der Waals surface area (Å²) in [5, 5.41) is 19.3. The van der Waals surface area contributed by atoms with Crippen molar-refractivity contribution in [1.29, 1.82) is 5.26 Å². The van der Waals surface area contributed by atoms with Crippen molar-refractivity contribution in [2.24, 2.45) is 0 Å². The highest BCUT2D eigenvalue weighted by Crippen LogP contribution is 2.28. The Balaban J connectivity index is 2.05. The molecule has 0 amide bonds. The Kier molecular flexibility index (Phi) is 4.41. The van der Waals surface area contributed by atoms with Gasteiger partial charge in [-0.1, -0.05) is 28.1 Å². The molecule has 4 nitrogen and oxygen atoms in total. The molecule has 3 rings (SSSR count). The van der Waals surface area contributed by atoms with Crippen molar-refractivity contribution in [3.63, 3.8) is 0 Å². The number of aromatic nitrogens is 1. The first-order valence-electron chi connectivity index (χ1n) is 7.57. The first-order chi connectivity index (χ1) is 11.5. The van der Waals surface area contributed by atoms with E-state index >= 15 is 0 Å². The van der Waals surface area contributed by atoms with E-state index in [9.17, 15) is 4.79 Å². The Hall–Kier alpha value is -2.58. The van der Waals surface area contributed by atoms with Crippen LogP contribution in [0.25, 0.3) is 10.9 Å². The average Bonchev–Trinajstić information content (AvgIpc) is 2.93. The molecule has 0 saturated heterocycles. The van der Waals surface area contributed by atoms with Crippen molar-refractivity contribution in [3.8, 4) is 6.07 Å². The summed E-state index contributed by atoms with van der Waals surface area (Å²) >= 11 is 3.47. The maximum absolute atomic E-state index is 11.0. The quantitative estimate of drug-likeness (QED) is 0.717. The molecule has 0 bridgehead atoms. The number of hydrogen-bond donors (Lipinski definition) is 1. The molecule has 3 aromatic rings. The molecule has 0 saturated carbocycles. The molecule has 120 valence electrons. The zero-order chi connectivity index (χ0) is 17.3. The highest BCUT2D eigenvalue weighted by atomic mass is 79.9. The zero-order valence-corrected chi connectivity index (χ0v) is 14.7. The molecule has 0 fully saturated rings. The summed E-state index contributed by atoms with van der Waals surface area (Å²) in [7, 11) is 0. The number of fused-ring (bicyclic) bond motifs is 1. The number of nitriles is 1.